The second kappa shape index (κ2) is 8.79. The van der Waals surface area contributed by atoms with Crippen molar-refractivity contribution in [3.63, 3.8) is 0 Å². The SMILES string of the molecule is COc1ccc(OC)c(NC(=O)C(C)Sc2nc(NC3CC3)c3ccccc3n2)c1. The van der Waals surface area contributed by atoms with Gasteiger partial charge in [-0.3, -0.25) is 4.79 Å². The van der Waals surface area contributed by atoms with Crippen LogP contribution in [0.1, 0.15) is 19.8 Å². The molecule has 0 spiro atoms. The van der Waals surface area contributed by atoms with Gasteiger partial charge in [0.25, 0.3) is 0 Å². The van der Waals surface area contributed by atoms with Gasteiger partial charge < -0.3 is 20.1 Å². The molecule has 0 saturated heterocycles. The molecule has 156 valence electrons. The maximum absolute atomic E-state index is 12.8. The molecule has 1 amide bonds. The van der Waals surface area contributed by atoms with Gasteiger partial charge in [-0.1, -0.05) is 23.9 Å². The van der Waals surface area contributed by atoms with Crippen LogP contribution in [-0.2, 0) is 4.79 Å². The maximum atomic E-state index is 12.8. The van der Waals surface area contributed by atoms with E-state index in [1.165, 1.54) is 11.8 Å². The number of ether oxygens (including phenoxy) is 2. The van der Waals surface area contributed by atoms with Gasteiger partial charge in [-0.2, -0.15) is 0 Å². The first-order valence-corrected chi connectivity index (χ1v) is 10.7. The summed E-state index contributed by atoms with van der Waals surface area (Å²) >= 11 is 1.32. The van der Waals surface area contributed by atoms with Crippen LogP contribution in [0.15, 0.2) is 47.6 Å². The summed E-state index contributed by atoms with van der Waals surface area (Å²) in [5, 5.41) is 7.54. The third-order valence-corrected chi connectivity index (χ3v) is 5.78. The molecule has 0 aliphatic heterocycles. The van der Waals surface area contributed by atoms with Crippen molar-refractivity contribution in [3.05, 3.63) is 42.5 Å². The smallest absolute Gasteiger partial charge is 0.237 e. The van der Waals surface area contributed by atoms with Crippen molar-refractivity contribution in [2.45, 2.75) is 36.2 Å². The number of hydrogen-bond acceptors (Lipinski definition) is 7. The minimum absolute atomic E-state index is 0.167. The summed E-state index contributed by atoms with van der Waals surface area (Å²) in [6.07, 6.45) is 2.31. The van der Waals surface area contributed by atoms with Crippen molar-refractivity contribution in [2.24, 2.45) is 0 Å². The molecule has 1 atom stereocenters. The van der Waals surface area contributed by atoms with Gasteiger partial charge in [-0.25, -0.2) is 9.97 Å². The fourth-order valence-electron chi connectivity index (χ4n) is 3.00. The number of nitrogens with zero attached hydrogens (tertiary/aromatic N) is 2. The third kappa shape index (κ3) is 4.59. The van der Waals surface area contributed by atoms with E-state index >= 15 is 0 Å². The van der Waals surface area contributed by atoms with Crippen LogP contribution in [0.5, 0.6) is 11.5 Å². The highest BCUT2D eigenvalue weighted by Gasteiger charge is 2.24. The number of nitrogens with one attached hydrogen (secondary N) is 2. The van der Waals surface area contributed by atoms with Crippen molar-refractivity contribution < 1.29 is 14.3 Å². The number of amides is 1. The van der Waals surface area contributed by atoms with E-state index < -0.39 is 5.25 Å². The number of para-hydroxylation sites is 1. The minimum Gasteiger partial charge on any atom is -0.497 e. The van der Waals surface area contributed by atoms with Gasteiger partial charge in [0.05, 0.1) is 30.7 Å². The fraction of sp³-hybridized carbons (Fsp3) is 0.318. The van der Waals surface area contributed by atoms with E-state index in [-0.39, 0.29) is 5.91 Å². The quantitative estimate of drug-likeness (QED) is 0.411. The predicted molar refractivity (Wildman–Crippen MR) is 120 cm³/mol. The Morgan fingerprint density at radius 3 is 2.67 bits per heavy atom. The zero-order valence-corrected chi connectivity index (χ0v) is 18.0. The van der Waals surface area contributed by atoms with Gasteiger partial charge in [0, 0.05) is 17.5 Å². The second-order valence-electron chi connectivity index (χ2n) is 7.11. The summed E-state index contributed by atoms with van der Waals surface area (Å²) in [5.41, 5.74) is 1.42. The Hall–Kier alpha value is -3.00. The Morgan fingerprint density at radius 1 is 1.13 bits per heavy atom. The van der Waals surface area contributed by atoms with Crippen LogP contribution in [0.4, 0.5) is 11.5 Å². The van der Waals surface area contributed by atoms with E-state index in [4.69, 9.17) is 9.47 Å². The standard InChI is InChI=1S/C22H24N4O3S/c1-13(21(27)24-18-12-15(28-2)10-11-19(18)29-3)30-22-25-17-7-5-4-6-16(17)20(26-22)23-14-8-9-14/h4-7,10-14H,8-9H2,1-3H3,(H,24,27)(H,23,25,26). The Balaban J connectivity index is 1.52. The molecule has 1 unspecified atom stereocenters. The Labute approximate surface area is 179 Å². The topological polar surface area (TPSA) is 85.4 Å². The first-order valence-electron chi connectivity index (χ1n) is 9.80. The molecule has 1 aliphatic rings. The van der Waals surface area contributed by atoms with Gasteiger partial charge in [0.1, 0.15) is 17.3 Å². The fourth-order valence-corrected chi connectivity index (χ4v) is 3.77. The third-order valence-electron chi connectivity index (χ3n) is 4.82. The Bertz CT molecular complexity index is 1070. The molecule has 1 saturated carbocycles. The lowest BCUT2D eigenvalue weighted by Gasteiger charge is -2.15. The number of methoxy groups -OCH3 is 2. The molecule has 30 heavy (non-hydrogen) atoms. The first-order chi connectivity index (χ1) is 14.6. The van der Waals surface area contributed by atoms with Crippen molar-refractivity contribution in [2.75, 3.05) is 24.9 Å². The summed E-state index contributed by atoms with van der Waals surface area (Å²) in [5.74, 6) is 1.87. The normalized spacial score (nSPS) is 14.2. The van der Waals surface area contributed by atoms with Crippen LogP contribution in [0.25, 0.3) is 10.9 Å². The lowest BCUT2D eigenvalue weighted by atomic mass is 10.2. The number of aromatic nitrogens is 2. The zero-order valence-electron chi connectivity index (χ0n) is 17.1. The number of carbonyl (C=O) groups is 1. The summed E-state index contributed by atoms with van der Waals surface area (Å²) in [7, 11) is 3.14. The summed E-state index contributed by atoms with van der Waals surface area (Å²) in [6, 6.07) is 13.7. The molecule has 2 aromatic carbocycles. The van der Waals surface area contributed by atoms with Crippen molar-refractivity contribution in [1.82, 2.24) is 9.97 Å². The van der Waals surface area contributed by atoms with Crippen LogP contribution < -0.4 is 20.1 Å². The van der Waals surface area contributed by atoms with Crippen molar-refractivity contribution in [1.29, 1.82) is 0 Å². The largest absolute Gasteiger partial charge is 0.497 e. The monoisotopic (exact) mass is 424 g/mol. The highest BCUT2D eigenvalue weighted by atomic mass is 32.2. The van der Waals surface area contributed by atoms with Crippen molar-refractivity contribution in [3.8, 4) is 11.5 Å². The maximum Gasteiger partial charge on any atom is 0.237 e. The molecule has 0 bridgehead atoms. The number of fused-ring (bicyclic) bond motifs is 1. The van der Waals surface area contributed by atoms with Gasteiger partial charge in [-0.15, -0.1) is 0 Å². The molecular formula is C22H24N4O3S. The average molecular weight is 425 g/mol. The molecule has 3 aromatic rings. The predicted octanol–water partition coefficient (Wildman–Crippen LogP) is 4.34. The number of hydrogen-bond donors (Lipinski definition) is 2. The zero-order chi connectivity index (χ0) is 21.1. The number of anilines is 2. The van der Waals surface area contributed by atoms with Gasteiger partial charge in [0.15, 0.2) is 5.16 Å². The summed E-state index contributed by atoms with van der Waals surface area (Å²) in [6.45, 7) is 1.83. The van der Waals surface area contributed by atoms with Crippen molar-refractivity contribution >= 4 is 40.1 Å². The molecule has 1 heterocycles. The minimum atomic E-state index is -0.407. The molecule has 2 N–H and O–H groups in total. The lowest BCUT2D eigenvalue weighted by molar-refractivity contribution is -0.115. The van der Waals surface area contributed by atoms with E-state index in [0.29, 0.717) is 28.4 Å². The summed E-state index contributed by atoms with van der Waals surface area (Å²) in [4.78, 5) is 22.2. The number of benzene rings is 2. The molecule has 1 aromatic heterocycles. The number of rotatable bonds is 8. The molecular weight excluding hydrogens is 400 g/mol. The van der Waals surface area contributed by atoms with Gasteiger partial charge in [0.2, 0.25) is 5.91 Å². The van der Waals surface area contributed by atoms with Crippen LogP contribution in [0.3, 0.4) is 0 Å². The first kappa shape index (κ1) is 20.3. The van der Waals surface area contributed by atoms with Crippen LogP contribution in [-0.4, -0.2) is 41.4 Å². The Morgan fingerprint density at radius 2 is 1.93 bits per heavy atom. The van der Waals surface area contributed by atoms with E-state index in [0.717, 1.165) is 29.6 Å². The van der Waals surface area contributed by atoms with Gasteiger partial charge in [-0.05, 0) is 44.0 Å². The van der Waals surface area contributed by atoms with E-state index in [2.05, 4.69) is 20.6 Å². The molecule has 1 fully saturated rings. The van der Waals surface area contributed by atoms with Crippen LogP contribution in [0.2, 0.25) is 0 Å². The van der Waals surface area contributed by atoms with E-state index in [9.17, 15) is 4.79 Å². The lowest BCUT2D eigenvalue weighted by Crippen LogP contribution is -2.23. The Kier molecular flexibility index (Phi) is 5.94. The number of thioether (sulfide) groups is 1. The summed E-state index contributed by atoms with van der Waals surface area (Å²) < 4.78 is 10.6. The highest BCUT2D eigenvalue weighted by molar-refractivity contribution is 8.00. The molecule has 0 radical (unpaired) electrons. The number of carbonyl (C=O) groups excluding carboxylic acids is 1. The van der Waals surface area contributed by atoms with Crippen LogP contribution in [0, 0.1) is 0 Å². The van der Waals surface area contributed by atoms with Crippen LogP contribution >= 0.6 is 11.8 Å². The molecule has 7 nitrogen and oxygen atoms in total. The van der Waals surface area contributed by atoms with E-state index in [1.54, 1.807) is 32.4 Å². The average Bonchev–Trinajstić information content (AvgIpc) is 3.57. The van der Waals surface area contributed by atoms with E-state index in [1.807, 2.05) is 31.2 Å². The second-order valence-corrected chi connectivity index (χ2v) is 8.41. The van der Waals surface area contributed by atoms with Gasteiger partial charge >= 0.3 is 0 Å². The molecule has 4 rings (SSSR count). The highest BCUT2D eigenvalue weighted by Crippen LogP contribution is 2.32. The molecule has 1 aliphatic carbocycles. The molecule has 8 heteroatoms.